The lowest BCUT2D eigenvalue weighted by molar-refractivity contribution is 0.509. The lowest BCUT2D eigenvalue weighted by Gasteiger charge is -2.17. The molecule has 0 amide bonds. The van der Waals surface area contributed by atoms with E-state index >= 15 is 0 Å². The van der Waals surface area contributed by atoms with Crippen molar-refractivity contribution in [2.75, 3.05) is 0 Å². The number of aryl methyl sites for hydroxylation is 1. The molecule has 1 fully saturated rings. The first kappa shape index (κ1) is 16.3. The molecular weight excluding hydrogens is 370 g/mol. The fourth-order valence-electron chi connectivity index (χ4n) is 3.64. The van der Waals surface area contributed by atoms with Gasteiger partial charge in [-0.05, 0) is 43.6 Å². The van der Waals surface area contributed by atoms with E-state index in [1.165, 1.54) is 22.2 Å². The summed E-state index contributed by atoms with van der Waals surface area (Å²) in [6.45, 7) is 2.26. The average Bonchev–Trinajstić information content (AvgIpc) is 3.27. The topological polar surface area (TPSA) is 96.4 Å². The van der Waals surface area contributed by atoms with Crippen LogP contribution in [-0.4, -0.2) is 24.7 Å². The van der Waals surface area contributed by atoms with Crippen LogP contribution in [0.25, 0.3) is 10.2 Å². The number of thiophene rings is 1. The summed E-state index contributed by atoms with van der Waals surface area (Å²) in [5.41, 5.74) is 0.997. The molecule has 0 radical (unpaired) electrons. The molecule has 0 bridgehead atoms. The number of fused-ring (bicyclic) bond motifs is 3. The first-order valence-electron chi connectivity index (χ1n) is 8.93. The normalized spacial score (nSPS) is 19.8. The van der Waals surface area contributed by atoms with Crippen LogP contribution in [0, 0.1) is 5.92 Å². The fourth-order valence-corrected chi connectivity index (χ4v) is 5.93. The Morgan fingerprint density at radius 3 is 2.96 bits per heavy atom. The third-order valence-corrected chi connectivity index (χ3v) is 7.25. The van der Waals surface area contributed by atoms with E-state index in [1.807, 2.05) is 0 Å². The number of nitrogens with zero attached hydrogens (tertiary/aromatic N) is 3. The minimum absolute atomic E-state index is 0.0423. The number of aromatic nitrogens is 5. The SMILES string of the molecule is C[C@H]1CCc2c(sc3nc(CSc4n[nH]c(=O)n4C4CC4)[nH]c(=O)c23)C1. The van der Waals surface area contributed by atoms with Crippen LogP contribution in [0.5, 0.6) is 0 Å². The summed E-state index contributed by atoms with van der Waals surface area (Å²) in [4.78, 5) is 34.3. The van der Waals surface area contributed by atoms with Gasteiger partial charge in [-0.15, -0.1) is 16.4 Å². The molecule has 0 spiro atoms. The molecule has 136 valence electrons. The van der Waals surface area contributed by atoms with Gasteiger partial charge in [0.05, 0.1) is 11.1 Å². The van der Waals surface area contributed by atoms with Crippen molar-refractivity contribution in [2.24, 2.45) is 5.92 Å². The van der Waals surface area contributed by atoms with E-state index < -0.39 is 0 Å². The van der Waals surface area contributed by atoms with Crippen molar-refractivity contribution in [1.29, 1.82) is 0 Å². The van der Waals surface area contributed by atoms with Crippen LogP contribution in [0.3, 0.4) is 0 Å². The van der Waals surface area contributed by atoms with E-state index in [0.29, 0.717) is 22.7 Å². The van der Waals surface area contributed by atoms with E-state index in [2.05, 4.69) is 22.1 Å². The van der Waals surface area contributed by atoms with Crippen LogP contribution in [0.1, 0.15) is 48.5 Å². The average molecular weight is 390 g/mol. The van der Waals surface area contributed by atoms with Crippen LogP contribution >= 0.6 is 23.1 Å². The van der Waals surface area contributed by atoms with E-state index in [4.69, 9.17) is 4.98 Å². The zero-order valence-corrected chi connectivity index (χ0v) is 16.0. The number of H-pyrrole nitrogens is 2. The first-order chi connectivity index (χ1) is 12.6. The zero-order valence-electron chi connectivity index (χ0n) is 14.4. The number of rotatable bonds is 4. The van der Waals surface area contributed by atoms with E-state index in [0.717, 1.165) is 42.3 Å². The lowest BCUT2D eigenvalue weighted by Crippen LogP contribution is -2.16. The largest absolute Gasteiger partial charge is 0.344 e. The van der Waals surface area contributed by atoms with E-state index in [1.54, 1.807) is 15.9 Å². The predicted molar refractivity (Wildman–Crippen MR) is 102 cm³/mol. The number of aromatic amines is 2. The van der Waals surface area contributed by atoms with Gasteiger partial charge in [0.15, 0.2) is 5.16 Å². The molecule has 9 heteroatoms. The van der Waals surface area contributed by atoms with Gasteiger partial charge in [-0.2, -0.15) is 0 Å². The van der Waals surface area contributed by atoms with Crippen molar-refractivity contribution in [3.05, 3.63) is 37.1 Å². The smallest absolute Gasteiger partial charge is 0.309 e. The first-order valence-corrected chi connectivity index (χ1v) is 10.7. The van der Waals surface area contributed by atoms with Crippen LogP contribution in [-0.2, 0) is 18.6 Å². The quantitative estimate of drug-likeness (QED) is 0.669. The highest BCUT2D eigenvalue weighted by molar-refractivity contribution is 7.98. The molecule has 2 aliphatic rings. The van der Waals surface area contributed by atoms with Gasteiger partial charge >= 0.3 is 5.69 Å². The van der Waals surface area contributed by atoms with Gasteiger partial charge in [0.25, 0.3) is 5.56 Å². The number of hydrogen-bond donors (Lipinski definition) is 2. The van der Waals surface area contributed by atoms with Crippen molar-refractivity contribution in [3.8, 4) is 0 Å². The molecule has 0 unspecified atom stereocenters. The van der Waals surface area contributed by atoms with Gasteiger partial charge < -0.3 is 4.98 Å². The maximum absolute atomic E-state index is 12.6. The fraction of sp³-hybridized carbons (Fsp3) is 0.529. The summed E-state index contributed by atoms with van der Waals surface area (Å²) < 4.78 is 1.71. The molecule has 5 rings (SSSR count). The third kappa shape index (κ3) is 2.73. The summed E-state index contributed by atoms with van der Waals surface area (Å²) in [6.07, 6.45) is 5.19. The zero-order chi connectivity index (χ0) is 17.8. The van der Waals surface area contributed by atoms with Crippen molar-refractivity contribution < 1.29 is 0 Å². The van der Waals surface area contributed by atoms with Crippen molar-refractivity contribution in [1.82, 2.24) is 24.7 Å². The Balaban J connectivity index is 1.45. The molecule has 3 aromatic rings. The van der Waals surface area contributed by atoms with Crippen molar-refractivity contribution in [2.45, 2.75) is 56.0 Å². The molecular formula is C17H19N5O2S2. The minimum atomic E-state index is -0.160. The third-order valence-electron chi connectivity index (χ3n) is 5.14. The molecule has 2 aliphatic carbocycles. The second-order valence-electron chi connectivity index (χ2n) is 7.25. The van der Waals surface area contributed by atoms with Crippen LogP contribution < -0.4 is 11.2 Å². The Hall–Kier alpha value is -1.87. The second kappa shape index (κ2) is 6.09. The predicted octanol–water partition coefficient (Wildman–Crippen LogP) is 2.62. The van der Waals surface area contributed by atoms with Crippen molar-refractivity contribution >= 4 is 33.3 Å². The van der Waals surface area contributed by atoms with Gasteiger partial charge in [-0.1, -0.05) is 18.7 Å². The van der Waals surface area contributed by atoms with Crippen LogP contribution in [0.2, 0.25) is 0 Å². The molecule has 0 aliphatic heterocycles. The molecule has 0 saturated heterocycles. The molecule has 1 atom stereocenters. The Morgan fingerprint density at radius 1 is 1.31 bits per heavy atom. The molecule has 3 heterocycles. The Kier molecular flexibility index (Phi) is 3.82. The Bertz CT molecular complexity index is 1100. The summed E-state index contributed by atoms with van der Waals surface area (Å²) in [6, 6.07) is 0.268. The Morgan fingerprint density at radius 2 is 2.15 bits per heavy atom. The van der Waals surface area contributed by atoms with Gasteiger partial charge in [0.2, 0.25) is 0 Å². The van der Waals surface area contributed by atoms with Crippen LogP contribution in [0.4, 0.5) is 0 Å². The number of hydrogen-bond acceptors (Lipinski definition) is 6. The summed E-state index contributed by atoms with van der Waals surface area (Å²) >= 11 is 3.09. The molecule has 0 aromatic carbocycles. The summed E-state index contributed by atoms with van der Waals surface area (Å²) in [7, 11) is 0. The second-order valence-corrected chi connectivity index (χ2v) is 9.27. The van der Waals surface area contributed by atoms with E-state index in [9.17, 15) is 9.59 Å². The number of thioether (sulfide) groups is 1. The van der Waals surface area contributed by atoms with Gasteiger partial charge in [0, 0.05) is 10.9 Å². The molecule has 1 saturated carbocycles. The Labute approximate surface area is 157 Å². The highest BCUT2D eigenvalue weighted by atomic mass is 32.2. The van der Waals surface area contributed by atoms with Crippen LogP contribution in [0.15, 0.2) is 14.7 Å². The lowest BCUT2D eigenvalue weighted by atomic mass is 9.89. The molecule has 3 aromatic heterocycles. The summed E-state index contributed by atoms with van der Waals surface area (Å²) in [5, 5.41) is 8.07. The molecule has 7 nitrogen and oxygen atoms in total. The van der Waals surface area contributed by atoms with Crippen molar-refractivity contribution in [3.63, 3.8) is 0 Å². The number of nitrogens with one attached hydrogen (secondary N) is 2. The summed E-state index contributed by atoms with van der Waals surface area (Å²) in [5.74, 6) is 1.79. The molecule has 2 N–H and O–H groups in total. The standard InChI is InChI=1S/C17H19N5O2S2/c1-8-2-5-10-11(6-8)26-15-13(10)14(23)18-12(19-15)7-25-17-21-20-16(24)22(17)9-3-4-9/h8-9H,2-7H2,1H3,(H,20,24)(H,18,19,23)/t8-/m0/s1. The highest BCUT2D eigenvalue weighted by Gasteiger charge is 2.29. The van der Waals surface area contributed by atoms with Gasteiger partial charge in [0.1, 0.15) is 10.7 Å². The minimum Gasteiger partial charge on any atom is -0.309 e. The van der Waals surface area contributed by atoms with E-state index in [-0.39, 0.29) is 17.3 Å². The monoisotopic (exact) mass is 389 g/mol. The maximum atomic E-state index is 12.6. The maximum Gasteiger partial charge on any atom is 0.344 e. The van der Waals surface area contributed by atoms with Gasteiger partial charge in [-0.3, -0.25) is 9.36 Å². The molecule has 26 heavy (non-hydrogen) atoms. The van der Waals surface area contributed by atoms with Gasteiger partial charge in [-0.25, -0.2) is 14.9 Å². The highest BCUT2D eigenvalue weighted by Crippen LogP contribution is 2.37.